The first-order valence-electron chi connectivity index (χ1n) is 4.95. The van der Waals surface area contributed by atoms with Gasteiger partial charge in [0.2, 0.25) is 0 Å². The predicted molar refractivity (Wildman–Crippen MR) is 57.1 cm³/mol. The summed E-state index contributed by atoms with van der Waals surface area (Å²) in [4.78, 5) is 2.50. The smallest absolute Gasteiger partial charge is 0.0935 e. The molecule has 0 aromatic rings. The number of ether oxygens (including phenoxy) is 2. The second kappa shape index (κ2) is 5.88. The minimum Gasteiger partial charge on any atom is -0.382 e. The van der Waals surface area contributed by atoms with Gasteiger partial charge in [0.05, 0.1) is 19.3 Å². The van der Waals surface area contributed by atoms with Gasteiger partial charge in [-0.05, 0) is 0 Å². The Balaban J connectivity index is 0.000000980. The Morgan fingerprint density at radius 2 is 2.29 bits per heavy atom. The fourth-order valence-corrected chi connectivity index (χ4v) is 1.89. The van der Waals surface area contributed by atoms with Gasteiger partial charge in [-0.1, -0.05) is 0 Å². The van der Waals surface area contributed by atoms with Crippen LogP contribution < -0.4 is 5.32 Å². The molecule has 0 aliphatic carbocycles. The third kappa shape index (κ3) is 2.81. The first-order chi connectivity index (χ1) is 6.40. The molecule has 4 nitrogen and oxygen atoms in total. The Kier molecular flexibility index (Phi) is 5.12. The molecule has 0 aromatic carbocycles. The highest BCUT2D eigenvalue weighted by atomic mass is 35.5. The Labute approximate surface area is 91.3 Å². The first kappa shape index (κ1) is 12.2. The molecular weight excluding hydrogens is 204 g/mol. The topological polar surface area (TPSA) is 33.7 Å². The van der Waals surface area contributed by atoms with Gasteiger partial charge < -0.3 is 14.8 Å². The summed E-state index contributed by atoms with van der Waals surface area (Å²) in [5.74, 6) is 0. The van der Waals surface area contributed by atoms with Crippen LogP contribution in [0.2, 0.25) is 0 Å². The molecule has 1 atom stereocenters. The van der Waals surface area contributed by atoms with Gasteiger partial charge in [0.25, 0.3) is 0 Å². The average Bonchev–Trinajstić information content (AvgIpc) is 2.02. The minimum absolute atomic E-state index is 0. The maximum absolute atomic E-state index is 5.58. The van der Waals surface area contributed by atoms with Crippen LogP contribution in [-0.4, -0.2) is 63.5 Å². The highest BCUT2D eigenvalue weighted by molar-refractivity contribution is 5.85. The van der Waals surface area contributed by atoms with Crippen molar-refractivity contribution < 1.29 is 9.47 Å². The van der Waals surface area contributed by atoms with Crippen LogP contribution in [0.25, 0.3) is 0 Å². The molecule has 0 saturated carbocycles. The standard InChI is InChI=1S/C9H18N2O2.ClH/c1-12-7-9-6-11(2-3-13-9)8-4-10-5-8;/h8-10H,2-7H2,1H3;1H. The van der Waals surface area contributed by atoms with E-state index in [9.17, 15) is 0 Å². The summed E-state index contributed by atoms with van der Waals surface area (Å²) in [6.45, 7) is 5.95. The van der Waals surface area contributed by atoms with Crippen molar-refractivity contribution in [2.75, 3.05) is 46.5 Å². The fourth-order valence-electron chi connectivity index (χ4n) is 1.89. The molecule has 1 N–H and O–H groups in total. The van der Waals surface area contributed by atoms with Crippen molar-refractivity contribution in [1.82, 2.24) is 10.2 Å². The zero-order valence-corrected chi connectivity index (χ0v) is 9.39. The van der Waals surface area contributed by atoms with Crippen molar-refractivity contribution in [3.05, 3.63) is 0 Å². The van der Waals surface area contributed by atoms with Gasteiger partial charge in [-0.2, -0.15) is 0 Å². The molecule has 1 unspecified atom stereocenters. The average molecular weight is 223 g/mol. The van der Waals surface area contributed by atoms with E-state index >= 15 is 0 Å². The summed E-state index contributed by atoms with van der Waals surface area (Å²) in [7, 11) is 1.73. The van der Waals surface area contributed by atoms with Crippen LogP contribution in [0.4, 0.5) is 0 Å². The number of nitrogens with one attached hydrogen (secondary N) is 1. The number of hydrogen-bond acceptors (Lipinski definition) is 4. The number of nitrogens with zero attached hydrogens (tertiary/aromatic N) is 1. The molecule has 0 radical (unpaired) electrons. The number of halogens is 1. The van der Waals surface area contributed by atoms with Gasteiger partial charge in [0.1, 0.15) is 0 Å². The second-order valence-electron chi connectivity index (χ2n) is 3.76. The summed E-state index contributed by atoms with van der Waals surface area (Å²) in [6.07, 6.45) is 0.277. The molecule has 2 rings (SSSR count). The highest BCUT2D eigenvalue weighted by Gasteiger charge is 2.29. The molecule has 2 saturated heterocycles. The van der Waals surface area contributed by atoms with Crippen molar-refractivity contribution in [1.29, 1.82) is 0 Å². The lowest BCUT2D eigenvalue weighted by Crippen LogP contribution is -2.61. The van der Waals surface area contributed by atoms with Crippen molar-refractivity contribution in [2.24, 2.45) is 0 Å². The van der Waals surface area contributed by atoms with Crippen molar-refractivity contribution in [2.45, 2.75) is 12.1 Å². The molecular formula is C9H19ClN2O2. The van der Waals surface area contributed by atoms with Crippen LogP contribution in [-0.2, 0) is 9.47 Å². The van der Waals surface area contributed by atoms with E-state index in [1.807, 2.05) is 0 Å². The van der Waals surface area contributed by atoms with E-state index in [1.54, 1.807) is 7.11 Å². The van der Waals surface area contributed by atoms with Crippen molar-refractivity contribution in [3.8, 4) is 0 Å². The Hall–Kier alpha value is 0.130. The minimum atomic E-state index is 0. The highest BCUT2D eigenvalue weighted by Crippen LogP contribution is 2.11. The van der Waals surface area contributed by atoms with Crippen LogP contribution in [0.1, 0.15) is 0 Å². The Morgan fingerprint density at radius 3 is 2.86 bits per heavy atom. The third-order valence-corrected chi connectivity index (χ3v) is 2.80. The zero-order chi connectivity index (χ0) is 9.10. The molecule has 2 aliphatic heterocycles. The fraction of sp³-hybridized carbons (Fsp3) is 1.00. The monoisotopic (exact) mass is 222 g/mol. The quantitative estimate of drug-likeness (QED) is 0.713. The number of morpholine rings is 1. The summed E-state index contributed by atoms with van der Waals surface area (Å²) >= 11 is 0. The van der Waals surface area contributed by atoms with Crippen molar-refractivity contribution in [3.63, 3.8) is 0 Å². The third-order valence-electron chi connectivity index (χ3n) is 2.80. The molecule has 0 aromatic heterocycles. The molecule has 0 amide bonds. The van der Waals surface area contributed by atoms with E-state index in [0.717, 1.165) is 45.4 Å². The van der Waals surface area contributed by atoms with E-state index in [2.05, 4.69) is 10.2 Å². The normalized spacial score (nSPS) is 29.4. The molecule has 84 valence electrons. The van der Waals surface area contributed by atoms with Gasteiger partial charge >= 0.3 is 0 Å². The van der Waals surface area contributed by atoms with Gasteiger partial charge in [-0.15, -0.1) is 12.4 Å². The summed E-state index contributed by atoms with van der Waals surface area (Å²) in [5, 5.41) is 3.29. The maximum atomic E-state index is 5.58. The molecule has 5 heteroatoms. The molecule has 2 heterocycles. The van der Waals surface area contributed by atoms with Crippen LogP contribution in [0.3, 0.4) is 0 Å². The van der Waals surface area contributed by atoms with E-state index in [0.29, 0.717) is 0 Å². The van der Waals surface area contributed by atoms with E-state index in [-0.39, 0.29) is 18.5 Å². The van der Waals surface area contributed by atoms with Crippen molar-refractivity contribution >= 4 is 12.4 Å². The maximum Gasteiger partial charge on any atom is 0.0935 e. The lowest BCUT2D eigenvalue weighted by atomic mass is 10.1. The van der Waals surface area contributed by atoms with Crippen LogP contribution in [0.5, 0.6) is 0 Å². The van der Waals surface area contributed by atoms with E-state index in [1.165, 1.54) is 0 Å². The van der Waals surface area contributed by atoms with Crippen LogP contribution >= 0.6 is 12.4 Å². The number of rotatable bonds is 3. The van der Waals surface area contributed by atoms with Gasteiger partial charge in [0, 0.05) is 39.3 Å². The summed E-state index contributed by atoms with van der Waals surface area (Å²) < 4.78 is 10.7. The Bertz CT molecular complexity index is 165. The molecule has 0 spiro atoms. The van der Waals surface area contributed by atoms with Gasteiger partial charge in [-0.25, -0.2) is 0 Å². The molecule has 2 fully saturated rings. The van der Waals surface area contributed by atoms with E-state index < -0.39 is 0 Å². The molecule has 2 aliphatic rings. The lowest BCUT2D eigenvalue weighted by molar-refractivity contribution is -0.0769. The summed E-state index contributed by atoms with van der Waals surface area (Å²) in [5.41, 5.74) is 0. The zero-order valence-electron chi connectivity index (χ0n) is 8.57. The largest absolute Gasteiger partial charge is 0.382 e. The Morgan fingerprint density at radius 1 is 1.50 bits per heavy atom. The molecule has 0 bridgehead atoms. The second-order valence-corrected chi connectivity index (χ2v) is 3.76. The lowest BCUT2D eigenvalue weighted by Gasteiger charge is -2.42. The number of hydrogen-bond donors (Lipinski definition) is 1. The van der Waals surface area contributed by atoms with Crippen LogP contribution in [0, 0.1) is 0 Å². The SMILES string of the molecule is COCC1CN(C2CNC2)CCO1.Cl. The van der Waals surface area contributed by atoms with Gasteiger partial charge in [-0.3, -0.25) is 4.90 Å². The van der Waals surface area contributed by atoms with Gasteiger partial charge in [0.15, 0.2) is 0 Å². The van der Waals surface area contributed by atoms with Crippen LogP contribution in [0.15, 0.2) is 0 Å². The predicted octanol–water partition coefficient (Wildman–Crippen LogP) is -0.273. The first-order valence-corrected chi connectivity index (χ1v) is 4.95. The molecule has 14 heavy (non-hydrogen) atoms. The number of methoxy groups -OCH3 is 1. The summed E-state index contributed by atoms with van der Waals surface area (Å²) in [6, 6.07) is 0.739. The van der Waals surface area contributed by atoms with E-state index in [4.69, 9.17) is 9.47 Å².